The number of rotatable bonds is 6. The highest BCUT2D eigenvalue weighted by Gasteiger charge is 2.29. The van der Waals surface area contributed by atoms with Crippen molar-refractivity contribution in [1.29, 1.82) is 0 Å². The fourth-order valence-electron chi connectivity index (χ4n) is 4.19. The van der Waals surface area contributed by atoms with Crippen LogP contribution in [0.3, 0.4) is 0 Å². The summed E-state index contributed by atoms with van der Waals surface area (Å²) in [6, 6.07) is 13.2. The van der Waals surface area contributed by atoms with Gasteiger partial charge in [0.25, 0.3) is 5.91 Å². The Morgan fingerprint density at radius 2 is 1.78 bits per heavy atom. The molecule has 9 heteroatoms. The molecule has 170 valence electrons. The van der Waals surface area contributed by atoms with Gasteiger partial charge in [0.1, 0.15) is 12.3 Å². The van der Waals surface area contributed by atoms with E-state index in [1.807, 2.05) is 0 Å². The molecule has 32 heavy (non-hydrogen) atoms. The normalized spacial score (nSPS) is 17.1. The fraction of sp³-hybridized carbons (Fsp3) is 0.391. The van der Waals surface area contributed by atoms with Gasteiger partial charge in [-0.1, -0.05) is 31.4 Å². The molecule has 2 aromatic rings. The zero-order valence-electron chi connectivity index (χ0n) is 18.0. The number of para-hydroxylation sites is 2. The Bertz CT molecular complexity index is 1090. The first-order chi connectivity index (χ1) is 15.4. The summed E-state index contributed by atoms with van der Waals surface area (Å²) in [5.74, 6) is -0.132. The number of sulfonamides is 1. The molecule has 1 aliphatic carbocycles. The zero-order chi connectivity index (χ0) is 22.7. The van der Waals surface area contributed by atoms with Crippen molar-refractivity contribution in [3.63, 3.8) is 0 Å². The molecule has 1 N–H and O–H groups in total. The van der Waals surface area contributed by atoms with Gasteiger partial charge in [0.2, 0.25) is 15.9 Å². The number of benzene rings is 2. The monoisotopic (exact) mass is 457 g/mol. The van der Waals surface area contributed by atoms with Crippen LogP contribution in [0.4, 0.5) is 11.4 Å². The van der Waals surface area contributed by atoms with E-state index in [0.29, 0.717) is 17.1 Å². The molecular formula is C23H27N3O5S. The number of carbonyl (C=O) groups is 2. The van der Waals surface area contributed by atoms with Crippen molar-refractivity contribution in [1.82, 2.24) is 4.31 Å². The summed E-state index contributed by atoms with van der Waals surface area (Å²) < 4.78 is 32.8. The molecule has 1 aliphatic heterocycles. The Kier molecular flexibility index (Phi) is 6.48. The van der Waals surface area contributed by atoms with Crippen molar-refractivity contribution >= 4 is 33.2 Å². The maximum atomic E-state index is 13.0. The Balaban J connectivity index is 1.41. The van der Waals surface area contributed by atoms with Crippen LogP contribution in [0.1, 0.15) is 32.1 Å². The number of nitrogens with one attached hydrogen (secondary N) is 1. The first kappa shape index (κ1) is 22.3. The van der Waals surface area contributed by atoms with Gasteiger partial charge in [-0.05, 0) is 49.2 Å². The lowest BCUT2D eigenvalue weighted by molar-refractivity contribution is -0.123. The SMILES string of the molecule is CN(C1CCCCC1)S(=O)(=O)c1ccc(NC(=O)CN2C(=O)COc3ccccc32)cc1. The molecule has 8 nitrogen and oxygen atoms in total. The van der Waals surface area contributed by atoms with Crippen LogP contribution in [0.5, 0.6) is 5.75 Å². The van der Waals surface area contributed by atoms with Crippen molar-refractivity contribution in [2.24, 2.45) is 0 Å². The molecule has 2 aliphatic rings. The maximum Gasteiger partial charge on any atom is 0.265 e. The molecule has 0 aromatic heterocycles. The highest BCUT2D eigenvalue weighted by atomic mass is 32.2. The highest BCUT2D eigenvalue weighted by Crippen LogP contribution is 2.31. The number of anilines is 2. The van der Waals surface area contributed by atoms with Gasteiger partial charge >= 0.3 is 0 Å². The molecule has 0 bridgehead atoms. The predicted octanol–water partition coefficient (Wildman–Crippen LogP) is 3.00. The lowest BCUT2D eigenvalue weighted by Crippen LogP contribution is -2.43. The smallest absolute Gasteiger partial charge is 0.265 e. The molecule has 4 rings (SSSR count). The van der Waals surface area contributed by atoms with Crippen LogP contribution in [0.2, 0.25) is 0 Å². The predicted molar refractivity (Wildman–Crippen MR) is 121 cm³/mol. The first-order valence-electron chi connectivity index (χ1n) is 10.8. The van der Waals surface area contributed by atoms with E-state index >= 15 is 0 Å². The molecule has 0 atom stereocenters. The topological polar surface area (TPSA) is 96.0 Å². The fourth-order valence-corrected chi connectivity index (χ4v) is 5.60. The molecule has 2 aromatic carbocycles. The summed E-state index contributed by atoms with van der Waals surface area (Å²) in [5.41, 5.74) is 1.01. The average molecular weight is 458 g/mol. The van der Waals surface area contributed by atoms with Crippen molar-refractivity contribution < 1.29 is 22.7 Å². The molecule has 0 saturated heterocycles. The highest BCUT2D eigenvalue weighted by molar-refractivity contribution is 7.89. The molecule has 0 spiro atoms. The quantitative estimate of drug-likeness (QED) is 0.719. The van der Waals surface area contributed by atoms with E-state index in [1.54, 1.807) is 43.4 Å². The van der Waals surface area contributed by atoms with Crippen LogP contribution in [-0.4, -0.2) is 50.8 Å². The van der Waals surface area contributed by atoms with Crippen LogP contribution in [0.15, 0.2) is 53.4 Å². The second-order valence-corrected chi connectivity index (χ2v) is 10.1. The lowest BCUT2D eigenvalue weighted by atomic mass is 9.96. The molecule has 2 amide bonds. The van der Waals surface area contributed by atoms with Gasteiger partial charge in [-0.25, -0.2) is 8.42 Å². The third kappa shape index (κ3) is 4.63. The van der Waals surface area contributed by atoms with Gasteiger partial charge in [0.15, 0.2) is 6.61 Å². The third-order valence-corrected chi connectivity index (χ3v) is 7.94. The Hall–Kier alpha value is -2.91. The number of nitrogens with zero attached hydrogens (tertiary/aromatic N) is 2. The Morgan fingerprint density at radius 1 is 1.09 bits per heavy atom. The van der Waals surface area contributed by atoms with Crippen molar-refractivity contribution in [2.45, 2.75) is 43.0 Å². The second-order valence-electron chi connectivity index (χ2n) is 8.12. The minimum Gasteiger partial charge on any atom is -0.482 e. The summed E-state index contributed by atoms with van der Waals surface area (Å²) in [6.07, 6.45) is 5.01. The van der Waals surface area contributed by atoms with Gasteiger partial charge in [-0.3, -0.25) is 14.5 Å². The van der Waals surface area contributed by atoms with Crippen molar-refractivity contribution in [2.75, 3.05) is 30.4 Å². The van der Waals surface area contributed by atoms with E-state index < -0.39 is 10.0 Å². The summed E-state index contributed by atoms with van der Waals surface area (Å²) >= 11 is 0. The first-order valence-corrected chi connectivity index (χ1v) is 12.2. The number of carbonyl (C=O) groups excluding carboxylic acids is 2. The molecule has 1 heterocycles. The van der Waals surface area contributed by atoms with E-state index in [2.05, 4.69) is 5.32 Å². The summed E-state index contributed by atoms with van der Waals surface area (Å²) in [5, 5.41) is 2.73. The molecule has 0 unspecified atom stereocenters. The minimum absolute atomic E-state index is 0.0297. The van der Waals surface area contributed by atoms with Crippen LogP contribution < -0.4 is 15.0 Å². The number of fused-ring (bicyclic) bond motifs is 1. The third-order valence-electron chi connectivity index (χ3n) is 6.01. The van der Waals surface area contributed by atoms with Crippen molar-refractivity contribution in [3.05, 3.63) is 48.5 Å². The summed E-state index contributed by atoms with van der Waals surface area (Å²) in [4.78, 5) is 26.4. The number of hydrogen-bond acceptors (Lipinski definition) is 5. The van der Waals surface area contributed by atoms with E-state index in [-0.39, 0.29) is 35.9 Å². The number of amides is 2. The van der Waals surface area contributed by atoms with E-state index in [9.17, 15) is 18.0 Å². The molecule has 1 saturated carbocycles. The van der Waals surface area contributed by atoms with Crippen LogP contribution >= 0.6 is 0 Å². The number of ether oxygens (including phenoxy) is 1. The van der Waals surface area contributed by atoms with Gasteiger partial charge in [-0.2, -0.15) is 4.31 Å². The van der Waals surface area contributed by atoms with Gasteiger partial charge < -0.3 is 10.1 Å². The lowest BCUT2D eigenvalue weighted by Gasteiger charge is -2.30. The standard InChI is InChI=1S/C23H27N3O5S/c1-25(18-7-3-2-4-8-18)32(29,30)19-13-11-17(12-14-19)24-22(27)15-26-20-9-5-6-10-21(20)31-16-23(26)28/h5-6,9-14,18H,2-4,7-8,15-16H2,1H3,(H,24,27). The van der Waals surface area contributed by atoms with E-state index in [4.69, 9.17) is 4.74 Å². The van der Waals surface area contributed by atoms with Crippen LogP contribution in [0, 0.1) is 0 Å². The number of hydrogen-bond donors (Lipinski definition) is 1. The van der Waals surface area contributed by atoms with Gasteiger partial charge in [-0.15, -0.1) is 0 Å². The Labute approximate surface area is 188 Å². The summed E-state index contributed by atoms with van der Waals surface area (Å²) in [7, 11) is -1.96. The average Bonchev–Trinajstić information content (AvgIpc) is 2.81. The van der Waals surface area contributed by atoms with E-state index in [1.165, 1.54) is 21.3 Å². The van der Waals surface area contributed by atoms with Crippen molar-refractivity contribution in [3.8, 4) is 5.75 Å². The van der Waals surface area contributed by atoms with Crippen LogP contribution in [-0.2, 0) is 19.6 Å². The molecular weight excluding hydrogens is 430 g/mol. The van der Waals surface area contributed by atoms with Gasteiger partial charge in [0, 0.05) is 18.8 Å². The molecule has 1 fully saturated rings. The second kappa shape index (κ2) is 9.30. The molecule has 0 radical (unpaired) electrons. The Morgan fingerprint density at radius 3 is 2.50 bits per heavy atom. The minimum atomic E-state index is -3.59. The van der Waals surface area contributed by atoms with E-state index in [0.717, 1.165) is 32.1 Å². The largest absolute Gasteiger partial charge is 0.482 e. The summed E-state index contributed by atoms with van der Waals surface area (Å²) in [6.45, 7) is -0.283. The maximum absolute atomic E-state index is 13.0. The zero-order valence-corrected chi connectivity index (χ0v) is 18.8. The van der Waals surface area contributed by atoms with Crippen LogP contribution in [0.25, 0.3) is 0 Å². The van der Waals surface area contributed by atoms with Gasteiger partial charge in [0.05, 0.1) is 10.6 Å².